The minimum absolute atomic E-state index is 0.0233. The van der Waals surface area contributed by atoms with Gasteiger partial charge in [0.05, 0.1) is 13.0 Å². The van der Waals surface area contributed by atoms with Gasteiger partial charge in [-0.3, -0.25) is 9.59 Å². The van der Waals surface area contributed by atoms with E-state index >= 15 is 0 Å². The molecule has 0 aromatic heterocycles. The Morgan fingerprint density at radius 1 is 1.12 bits per heavy atom. The van der Waals surface area contributed by atoms with Crippen molar-refractivity contribution >= 4 is 11.7 Å². The molecule has 1 aromatic carbocycles. The number of rotatable bonds is 3. The van der Waals surface area contributed by atoms with Gasteiger partial charge in [-0.1, -0.05) is 31.2 Å². The number of Topliss-reactive ketones (excluding diaryl/α,β-unsaturated/α-hetero) is 1. The maximum absolute atomic E-state index is 11.4. The van der Waals surface area contributed by atoms with Crippen LogP contribution in [-0.2, 0) is 22.6 Å². The molecule has 0 aliphatic carbocycles. The number of hydrogen-bond acceptors (Lipinski definition) is 2. The van der Waals surface area contributed by atoms with Crippen LogP contribution in [0.5, 0.6) is 0 Å². The van der Waals surface area contributed by atoms with Crippen molar-refractivity contribution in [3.63, 3.8) is 0 Å². The molecule has 0 spiro atoms. The Balaban J connectivity index is 2.03. The molecule has 0 N–H and O–H groups in total. The van der Waals surface area contributed by atoms with Gasteiger partial charge >= 0.3 is 0 Å². The lowest BCUT2D eigenvalue weighted by Crippen LogP contribution is -2.24. The molecule has 3 nitrogen and oxygen atoms in total. The number of amides is 1. The van der Waals surface area contributed by atoms with Crippen molar-refractivity contribution in [1.82, 2.24) is 4.90 Å². The summed E-state index contributed by atoms with van der Waals surface area (Å²) in [4.78, 5) is 24.1. The summed E-state index contributed by atoms with van der Waals surface area (Å²) in [6.07, 6.45) is 1.09. The summed E-state index contributed by atoms with van der Waals surface area (Å²) in [6, 6.07) is 8.18. The van der Waals surface area contributed by atoms with E-state index in [2.05, 4.69) is 19.1 Å². The number of likely N-dealkylation sites (tertiary alicyclic amines) is 1. The van der Waals surface area contributed by atoms with Crippen molar-refractivity contribution < 1.29 is 9.59 Å². The van der Waals surface area contributed by atoms with Gasteiger partial charge in [-0.2, -0.15) is 0 Å². The molecule has 0 saturated carbocycles. The van der Waals surface area contributed by atoms with Crippen LogP contribution < -0.4 is 0 Å². The van der Waals surface area contributed by atoms with Gasteiger partial charge in [0.1, 0.15) is 0 Å². The van der Waals surface area contributed by atoms with Crippen LogP contribution in [0, 0.1) is 0 Å². The number of hydrogen-bond donors (Lipinski definition) is 0. The fraction of sp³-hybridized carbons (Fsp3) is 0.385. The van der Waals surface area contributed by atoms with E-state index in [0.717, 1.165) is 12.0 Å². The molecular formula is C13H15NO2. The van der Waals surface area contributed by atoms with E-state index in [4.69, 9.17) is 0 Å². The van der Waals surface area contributed by atoms with E-state index < -0.39 is 0 Å². The molecule has 84 valence electrons. The predicted molar refractivity (Wildman–Crippen MR) is 60.9 cm³/mol. The van der Waals surface area contributed by atoms with Crippen molar-refractivity contribution in [2.45, 2.75) is 26.3 Å². The number of carbonyl (C=O) groups is 2. The van der Waals surface area contributed by atoms with Crippen molar-refractivity contribution in [3.8, 4) is 0 Å². The molecule has 1 aliphatic heterocycles. The SMILES string of the molecule is CCc1ccc(CN2CC(=O)CC2=O)cc1. The molecule has 1 saturated heterocycles. The lowest BCUT2D eigenvalue weighted by molar-refractivity contribution is -0.128. The third-order valence-electron chi connectivity index (χ3n) is 2.87. The Hall–Kier alpha value is -1.64. The van der Waals surface area contributed by atoms with Gasteiger partial charge in [-0.05, 0) is 17.5 Å². The quantitative estimate of drug-likeness (QED) is 0.720. The second kappa shape index (κ2) is 4.47. The smallest absolute Gasteiger partial charge is 0.230 e. The Labute approximate surface area is 95.1 Å². The number of benzene rings is 1. The summed E-state index contributed by atoms with van der Waals surface area (Å²) in [5, 5.41) is 0. The van der Waals surface area contributed by atoms with Crippen molar-refractivity contribution in [1.29, 1.82) is 0 Å². The molecule has 2 rings (SSSR count). The van der Waals surface area contributed by atoms with Gasteiger partial charge < -0.3 is 4.90 Å². The molecule has 1 aromatic rings. The minimum atomic E-state index is -0.0513. The van der Waals surface area contributed by atoms with Crippen LogP contribution in [0.2, 0.25) is 0 Å². The van der Waals surface area contributed by atoms with Crippen LogP contribution in [0.25, 0.3) is 0 Å². The summed E-state index contributed by atoms with van der Waals surface area (Å²) in [5.74, 6) is -0.0280. The van der Waals surface area contributed by atoms with Gasteiger partial charge in [0, 0.05) is 6.54 Å². The molecule has 1 fully saturated rings. The van der Waals surface area contributed by atoms with Crippen molar-refractivity contribution in [2.24, 2.45) is 0 Å². The highest BCUT2D eigenvalue weighted by atomic mass is 16.2. The topological polar surface area (TPSA) is 37.4 Å². The lowest BCUT2D eigenvalue weighted by Gasteiger charge is -2.14. The van der Waals surface area contributed by atoms with Gasteiger partial charge in [0.15, 0.2) is 5.78 Å². The van der Waals surface area contributed by atoms with E-state index in [-0.39, 0.29) is 24.7 Å². The van der Waals surface area contributed by atoms with Crippen LogP contribution >= 0.6 is 0 Å². The average Bonchev–Trinajstić information content (AvgIpc) is 2.59. The molecule has 1 heterocycles. The van der Waals surface area contributed by atoms with E-state index in [9.17, 15) is 9.59 Å². The first kappa shape index (κ1) is 10.9. The summed E-state index contributed by atoms with van der Waals surface area (Å²) in [5.41, 5.74) is 2.37. The molecule has 3 heteroatoms. The van der Waals surface area contributed by atoms with E-state index in [1.165, 1.54) is 5.56 Å². The lowest BCUT2D eigenvalue weighted by atomic mass is 10.1. The van der Waals surface area contributed by atoms with Crippen LogP contribution in [0.15, 0.2) is 24.3 Å². The fourth-order valence-corrected chi connectivity index (χ4v) is 1.88. The zero-order valence-corrected chi connectivity index (χ0v) is 9.40. The highest BCUT2D eigenvalue weighted by Gasteiger charge is 2.26. The number of ketones is 1. The normalized spacial score (nSPS) is 15.9. The Morgan fingerprint density at radius 2 is 1.75 bits per heavy atom. The van der Waals surface area contributed by atoms with E-state index in [0.29, 0.717) is 6.54 Å². The van der Waals surface area contributed by atoms with Crippen LogP contribution in [-0.4, -0.2) is 23.1 Å². The van der Waals surface area contributed by atoms with Gasteiger partial charge in [0.2, 0.25) is 5.91 Å². The first-order valence-electron chi connectivity index (χ1n) is 5.56. The van der Waals surface area contributed by atoms with E-state index in [1.807, 2.05) is 12.1 Å². The molecule has 0 radical (unpaired) electrons. The monoisotopic (exact) mass is 217 g/mol. The maximum atomic E-state index is 11.4. The highest BCUT2D eigenvalue weighted by molar-refractivity contribution is 6.05. The summed E-state index contributed by atoms with van der Waals surface area (Å²) in [6.45, 7) is 2.93. The molecule has 0 bridgehead atoms. The van der Waals surface area contributed by atoms with Crippen molar-refractivity contribution in [2.75, 3.05) is 6.54 Å². The van der Waals surface area contributed by atoms with Gasteiger partial charge in [-0.25, -0.2) is 0 Å². The third kappa shape index (κ3) is 2.30. The zero-order valence-electron chi connectivity index (χ0n) is 9.40. The summed E-state index contributed by atoms with van der Waals surface area (Å²) < 4.78 is 0. The maximum Gasteiger partial charge on any atom is 0.230 e. The summed E-state index contributed by atoms with van der Waals surface area (Å²) >= 11 is 0. The third-order valence-corrected chi connectivity index (χ3v) is 2.87. The Kier molecular flexibility index (Phi) is 3.04. The van der Waals surface area contributed by atoms with Crippen LogP contribution in [0.1, 0.15) is 24.5 Å². The van der Waals surface area contributed by atoms with Gasteiger partial charge in [-0.15, -0.1) is 0 Å². The molecule has 1 amide bonds. The largest absolute Gasteiger partial charge is 0.331 e. The first-order chi connectivity index (χ1) is 7.69. The number of aryl methyl sites for hydroxylation is 1. The number of carbonyl (C=O) groups excluding carboxylic acids is 2. The second-order valence-electron chi connectivity index (χ2n) is 4.14. The second-order valence-corrected chi connectivity index (χ2v) is 4.14. The zero-order chi connectivity index (χ0) is 11.5. The van der Waals surface area contributed by atoms with Crippen LogP contribution in [0.4, 0.5) is 0 Å². The standard InChI is InChI=1S/C13H15NO2/c1-2-10-3-5-11(6-4-10)8-14-9-12(15)7-13(14)16/h3-6H,2,7-9H2,1H3. The fourth-order valence-electron chi connectivity index (χ4n) is 1.88. The predicted octanol–water partition coefficient (Wildman–Crippen LogP) is 1.55. The van der Waals surface area contributed by atoms with E-state index in [1.54, 1.807) is 4.90 Å². The molecule has 16 heavy (non-hydrogen) atoms. The molecular weight excluding hydrogens is 202 g/mol. The average molecular weight is 217 g/mol. The molecule has 0 atom stereocenters. The van der Waals surface area contributed by atoms with Crippen molar-refractivity contribution in [3.05, 3.63) is 35.4 Å². The Morgan fingerprint density at radius 3 is 2.25 bits per heavy atom. The summed E-state index contributed by atoms with van der Waals surface area (Å²) in [7, 11) is 0. The number of nitrogens with zero attached hydrogens (tertiary/aromatic N) is 1. The van der Waals surface area contributed by atoms with Crippen LogP contribution in [0.3, 0.4) is 0 Å². The Bertz CT molecular complexity index is 408. The molecule has 0 unspecified atom stereocenters. The molecule has 1 aliphatic rings. The van der Waals surface area contributed by atoms with Gasteiger partial charge in [0.25, 0.3) is 0 Å². The minimum Gasteiger partial charge on any atom is -0.331 e. The highest BCUT2D eigenvalue weighted by Crippen LogP contribution is 2.13. The first-order valence-corrected chi connectivity index (χ1v) is 5.56.